The molecule has 0 radical (unpaired) electrons. The fourth-order valence-electron chi connectivity index (χ4n) is 1.45. The van der Waals surface area contributed by atoms with Crippen LogP contribution in [0.15, 0.2) is 0 Å². The van der Waals surface area contributed by atoms with Crippen LogP contribution in [-0.4, -0.2) is 61.1 Å². The van der Waals surface area contributed by atoms with Gasteiger partial charge in [-0.05, 0) is 5.92 Å². The van der Waals surface area contributed by atoms with Crippen molar-refractivity contribution in [2.75, 3.05) is 44.4 Å². The summed E-state index contributed by atoms with van der Waals surface area (Å²) >= 11 is 1.30. The zero-order valence-corrected chi connectivity index (χ0v) is 12.3. The van der Waals surface area contributed by atoms with Crippen molar-refractivity contribution in [2.24, 2.45) is 5.92 Å². The molecule has 0 unspecified atom stereocenters. The number of hydroxylamine groups is 1. The Morgan fingerprint density at radius 2 is 2.00 bits per heavy atom. The first kappa shape index (κ1) is 16.3. The van der Waals surface area contributed by atoms with E-state index >= 15 is 0 Å². The molecule has 1 aliphatic rings. The van der Waals surface area contributed by atoms with E-state index < -0.39 is 0 Å². The van der Waals surface area contributed by atoms with Gasteiger partial charge in [0.1, 0.15) is 0 Å². The minimum absolute atomic E-state index is 0.0594. The Balaban J connectivity index is 2.05. The average molecular weight is 290 g/mol. The van der Waals surface area contributed by atoms with E-state index in [1.807, 2.05) is 13.8 Å². The van der Waals surface area contributed by atoms with Crippen LogP contribution < -0.4 is 5.48 Å². The lowest BCUT2D eigenvalue weighted by Gasteiger charge is -2.26. The predicted molar refractivity (Wildman–Crippen MR) is 73.7 cm³/mol. The van der Waals surface area contributed by atoms with Gasteiger partial charge in [-0.1, -0.05) is 13.8 Å². The Hall–Kier alpha value is -0.790. The number of amides is 2. The third-order valence-electron chi connectivity index (χ3n) is 2.43. The van der Waals surface area contributed by atoms with Crippen molar-refractivity contribution in [3.63, 3.8) is 0 Å². The fourth-order valence-corrected chi connectivity index (χ4v) is 2.16. The van der Waals surface area contributed by atoms with Gasteiger partial charge in [0.15, 0.2) is 0 Å². The van der Waals surface area contributed by atoms with Crippen molar-refractivity contribution >= 4 is 23.6 Å². The molecular weight excluding hydrogens is 268 g/mol. The zero-order valence-electron chi connectivity index (χ0n) is 11.5. The Bertz CT molecular complexity index is 293. The maximum absolute atomic E-state index is 11.8. The SMILES string of the molecule is CC(C)CONC(=O)CSCC(=O)N1CCOCC1. The highest BCUT2D eigenvalue weighted by atomic mass is 32.2. The number of nitrogens with zero attached hydrogens (tertiary/aromatic N) is 1. The van der Waals surface area contributed by atoms with Crippen molar-refractivity contribution in [1.82, 2.24) is 10.4 Å². The van der Waals surface area contributed by atoms with Crippen LogP contribution in [0.3, 0.4) is 0 Å². The van der Waals surface area contributed by atoms with Crippen LogP contribution in [0.4, 0.5) is 0 Å². The highest BCUT2D eigenvalue weighted by molar-refractivity contribution is 8.00. The molecule has 0 atom stereocenters. The normalized spacial score (nSPS) is 15.6. The average Bonchev–Trinajstić information content (AvgIpc) is 2.39. The number of carbonyl (C=O) groups excluding carboxylic acids is 2. The van der Waals surface area contributed by atoms with Crippen LogP contribution in [0.25, 0.3) is 0 Å². The molecule has 1 heterocycles. The van der Waals surface area contributed by atoms with Crippen LogP contribution in [0.5, 0.6) is 0 Å². The molecule has 1 N–H and O–H groups in total. The first-order valence-electron chi connectivity index (χ1n) is 6.43. The summed E-state index contributed by atoms with van der Waals surface area (Å²) in [6.45, 7) is 6.97. The van der Waals surface area contributed by atoms with Crippen LogP contribution >= 0.6 is 11.8 Å². The van der Waals surface area contributed by atoms with Gasteiger partial charge in [-0.25, -0.2) is 5.48 Å². The molecule has 1 rings (SSSR count). The maximum Gasteiger partial charge on any atom is 0.253 e. The van der Waals surface area contributed by atoms with E-state index in [4.69, 9.17) is 9.57 Å². The molecule has 7 heteroatoms. The lowest BCUT2D eigenvalue weighted by Crippen LogP contribution is -2.41. The molecule has 0 aromatic heterocycles. The monoisotopic (exact) mass is 290 g/mol. The quantitative estimate of drug-likeness (QED) is 0.682. The number of carbonyl (C=O) groups is 2. The zero-order chi connectivity index (χ0) is 14.1. The van der Waals surface area contributed by atoms with Gasteiger partial charge in [0.05, 0.1) is 31.3 Å². The summed E-state index contributed by atoms with van der Waals surface area (Å²) < 4.78 is 5.17. The van der Waals surface area contributed by atoms with Crippen LogP contribution in [0.2, 0.25) is 0 Å². The van der Waals surface area contributed by atoms with Crippen molar-refractivity contribution in [3.8, 4) is 0 Å². The molecule has 0 spiro atoms. The molecule has 0 aromatic carbocycles. The maximum atomic E-state index is 11.8. The number of ether oxygens (including phenoxy) is 1. The molecule has 1 aliphatic heterocycles. The van der Waals surface area contributed by atoms with E-state index in [9.17, 15) is 9.59 Å². The van der Waals surface area contributed by atoms with Gasteiger partial charge in [-0.15, -0.1) is 11.8 Å². The Kier molecular flexibility index (Phi) is 7.85. The Morgan fingerprint density at radius 1 is 1.32 bits per heavy atom. The minimum atomic E-state index is -0.208. The second-order valence-electron chi connectivity index (χ2n) is 4.72. The molecular formula is C12H22N2O4S. The van der Waals surface area contributed by atoms with Gasteiger partial charge in [-0.2, -0.15) is 0 Å². The number of rotatable bonds is 7. The Morgan fingerprint density at radius 3 is 2.63 bits per heavy atom. The summed E-state index contributed by atoms with van der Waals surface area (Å²) in [5.74, 6) is 0.770. The summed E-state index contributed by atoms with van der Waals surface area (Å²) in [4.78, 5) is 29.9. The minimum Gasteiger partial charge on any atom is -0.378 e. The van der Waals surface area contributed by atoms with Gasteiger partial charge in [-0.3, -0.25) is 14.4 Å². The first-order valence-corrected chi connectivity index (χ1v) is 7.59. The molecule has 2 amide bonds. The molecule has 110 valence electrons. The van der Waals surface area contributed by atoms with Gasteiger partial charge >= 0.3 is 0 Å². The molecule has 19 heavy (non-hydrogen) atoms. The molecule has 6 nitrogen and oxygen atoms in total. The molecule has 0 aliphatic carbocycles. The predicted octanol–water partition coefficient (Wildman–Crippen LogP) is 0.282. The molecule has 1 fully saturated rings. The van der Waals surface area contributed by atoms with E-state index in [0.29, 0.717) is 44.6 Å². The van der Waals surface area contributed by atoms with Crippen molar-refractivity contribution in [3.05, 3.63) is 0 Å². The molecule has 0 saturated carbocycles. The van der Waals surface area contributed by atoms with Gasteiger partial charge in [0.25, 0.3) is 5.91 Å². The molecule has 0 aromatic rings. The van der Waals surface area contributed by atoms with E-state index in [1.165, 1.54) is 11.8 Å². The molecule has 1 saturated heterocycles. The van der Waals surface area contributed by atoms with E-state index in [0.717, 1.165) is 0 Å². The van der Waals surface area contributed by atoms with E-state index in [-0.39, 0.29) is 17.6 Å². The van der Waals surface area contributed by atoms with E-state index in [2.05, 4.69) is 5.48 Å². The van der Waals surface area contributed by atoms with Crippen LogP contribution in [0.1, 0.15) is 13.8 Å². The first-order chi connectivity index (χ1) is 9.09. The summed E-state index contributed by atoms with van der Waals surface area (Å²) in [6.07, 6.45) is 0. The highest BCUT2D eigenvalue weighted by Crippen LogP contribution is 2.05. The van der Waals surface area contributed by atoms with Crippen molar-refractivity contribution in [1.29, 1.82) is 0 Å². The molecule has 0 bridgehead atoms. The van der Waals surface area contributed by atoms with Crippen LogP contribution in [0, 0.1) is 5.92 Å². The number of nitrogens with one attached hydrogen (secondary N) is 1. The van der Waals surface area contributed by atoms with E-state index in [1.54, 1.807) is 4.90 Å². The second-order valence-corrected chi connectivity index (χ2v) is 5.70. The lowest BCUT2D eigenvalue weighted by atomic mass is 10.2. The topological polar surface area (TPSA) is 67.9 Å². The summed E-state index contributed by atoms with van der Waals surface area (Å²) in [5, 5.41) is 0. The largest absolute Gasteiger partial charge is 0.378 e. The number of hydrogen-bond acceptors (Lipinski definition) is 5. The van der Waals surface area contributed by atoms with Gasteiger partial charge in [0, 0.05) is 13.1 Å². The second kappa shape index (κ2) is 9.17. The highest BCUT2D eigenvalue weighted by Gasteiger charge is 2.16. The summed E-state index contributed by atoms with van der Waals surface area (Å²) in [6, 6.07) is 0. The standard InChI is InChI=1S/C12H22N2O4S/c1-10(2)7-18-13-11(15)8-19-9-12(16)14-3-5-17-6-4-14/h10H,3-9H2,1-2H3,(H,13,15). The number of thioether (sulfide) groups is 1. The lowest BCUT2D eigenvalue weighted by molar-refractivity contribution is -0.132. The summed E-state index contributed by atoms with van der Waals surface area (Å²) in [7, 11) is 0. The van der Waals surface area contributed by atoms with Gasteiger partial charge < -0.3 is 9.64 Å². The smallest absolute Gasteiger partial charge is 0.253 e. The third kappa shape index (κ3) is 7.39. The third-order valence-corrected chi connectivity index (χ3v) is 3.34. The van der Waals surface area contributed by atoms with Crippen molar-refractivity contribution < 1.29 is 19.2 Å². The summed E-state index contributed by atoms with van der Waals surface area (Å²) in [5.41, 5.74) is 2.36. The fraction of sp³-hybridized carbons (Fsp3) is 0.833. The number of morpholine rings is 1. The van der Waals surface area contributed by atoms with Crippen molar-refractivity contribution in [2.45, 2.75) is 13.8 Å². The number of hydrogen-bond donors (Lipinski definition) is 1. The van der Waals surface area contributed by atoms with Gasteiger partial charge in [0.2, 0.25) is 5.91 Å². The van der Waals surface area contributed by atoms with Crippen LogP contribution in [-0.2, 0) is 19.2 Å². The Labute approximate surface area is 118 Å².